The number of benzene rings is 1. The van der Waals surface area contributed by atoms with Crippen molar-refractivity contribution in [2.24, 2.45) is 0 Å². The van der Waals surface area contributed by atoms with Crippen molar-refractivity contribution < 1.29 is 4.79 Å². The lowest BCUT2D eigenvalue weighted by atomic mass is 10.1. The summed E-state index contributed by atoms with van der Waals surface area (Å²) < 4.78 is 0. The van der Waals surface area contributed by atoms with Crippen LogP contribution < -0.4 is 0 Å². The number of hydrogen-bond acceptors (Lipinski definition) is 3. The van der Waals surface area contributed by atoms with Crippen LogP contribution in [0.3, 0.4) is 0 Å². The average molecular weight is 292 g/mol. The molecular formula is C15H18ClN3O. The average Bonchev–Trinajstić information content (AvgIpc) is 2.48. The number of aryl methyl sites for hydroxylation is 1. The molecule has 1 fully saturated rings. The highest BCUT2D eigenvalue weighted by atomic mass is 35.5. The summed E-state index contributed by atoms with van der Waals surface area (Å²) in [6.07, 6.45) is 0. The topological polar surface area (TPSA) is 47.3 Å². The van der Waals surface area contributed by atoms with Crippen molar-refractivity contribution in [3.8, 4) is 6.07 Å². The van der Waals surface area contributed by atoms with Crippen LogP contribution in [0.2, 0.25) is 5.02 Å². The predicted octanol–water partition coefficient (Wildman–Crippen LogP) is 2.32. The SMILES string of the molecule is Cc1ccc(C(=O)N2CCN(C(C)C#N)CC2)cc1Cl. The van der Waals surface area contributed by atoms with Crippen LogP contribution in [-0.2, 0) is 0 Å². The summed E-state index contributed by atoms with van der Waals surface area (Å²) in [5, 5.41) is 9.53. The fraction of sp³-hybridized carbons (Fsp3) is 0.467. The molecule has 2 rings (SSSR count). The number of hydrogen-bond donors (Lipinski definition) is 0. The monoisotopic (exact) mass is 291 g/mol. The number of carbonyl (C=O) groups is 1. The van der Waals surface area contributed by atoms with E-state index in [0.717, 1.165) is 18.7 Å². The van der Waals surface area contributed by atoms with Gasteiger partial charge in [0.05, 0.1) is 12.1 Å². The molecule has 4 nitrogen and oxygen atoms in total. The first kappa shape index (κ1) is 14.8. The molecule has 0 aromatic heterocycles. The van der Waals surface area contributed by atoms with Crippen LogP contribution in [-0.4, -0.2) is 47.9 Å². The second-order valence-corrected chi connectivity index (χ2v) is 5.50. The van der Waals surface area contributed by atoms with Gasteiger partial charge in [-0.3, -0.25) is 9.69 Å². The number of nitrogens with zero attached hydrogens (tertiary/aromatic N) is 3. The lowest BCUT2D eigenvalue weighted by molar-refractivity contribution is 0.0615. The highest BCUT2D eigenvalue weighted by Gasteiger charge is 2.24. The fourth-order valence-corrected chi connectivity index (χ4v) is 2.48. The number of halogens is 1. The maximum atomic E-state index is 12.4. The molecule has 1 atom stereocenters. The second kappa shape index (κ2) is 6.25. The van der Waals surface area contributed by atoms with Gasteiger partial charge >= 0.3 is 0 Å². The maximum absolute atomic E-state index is 12.4. The Bertz CT molecular complexity index is 545. The normalized spacial score (nSPS) is 17.6. The third kappa shape index (κ3) is 3.12. The summed E-state index contributed by atoms with van der Waals surface area (Å²) in [6, 6.07) is 7.54. The Morgan fingerprint density at radius 1 is 1.35 bits per heavy atom. The van der Waals surface area contributed by atoms with Gasteiger partial charge in [-0.25, -0.2) is 0 Å². The van der Waals surface area contributed by atoms with Gasteiger partial charge in [-0.1, -0.05) is 17.7 Å². The van der Waals surface area contributed by atoms with Gasteiger partial charge in [0, 0.05) is 36.8 Å². The Balaban J connectivity index is 2.01. The highest BCUT2D eigenvalue weighted by Crippen LogP contribution is 2.18. The van der Waals surface area contributed by atoms with Crippen LogP contribution in [0.5, 0.6) is 0 Å². The zero-order chi connectivity index (χ0) is 14.7. The molecular weight excluding hydrogens is 274 g/mol. The van der Waals surface area contributed by atoms with Gasteiger partial charge in [0.25, 0.3) is 5.91 Å². The minimum absolute atomic E-state index is 0.0103. The van der Waals surface area contributed by atoms with E-state index in [1.54, 1.807) is 6.07 Å². The van der Waals surface area contributed by atoms with Crippen LogP contribution in [0.15, 0.2) is 18.2 Å². The van der Waals surface area contributed by atoms with Crippen molar-refractivity contribution in [3.05, 3.63) is 34.3 Å². The van der Waals surface area contributed by atoms with Crippen molar-refractivity contribution in [2.75, 3.05) is 26.2 Å². The summed E-state index contributed by atoms with van der Waals surface area (Å²) in [7, 11) is 0. The van der Waals surface area contributed by atoms with Crippen molar-refractivity contribution in [1.29, 1.82) is 5.26 Å². The molecule has 0 saturated carbocycles. The number of nitriles is 1. The minimum atomic E-state index is -0.0962. The van der Waals surface area contributed by atoms with E-state index in [1.807, 2.05) is 30.9 Å². The smallest absolute Gasteiger partial charge is 0.253 e. The third-order valence-corrected chi connectivity index (χ3v) is 4.16. The largest absolute Gasteiger partial charge is 0.336 e. The van der Waals surface area contributed by atoms with Gasteiger partial charge in [0.2, 0.25) is 0 Å². The molecule has 0 N–H and O–H groups in total. The lowest BCUT2D eigenvalue weighted by Crippen LogP contribution is -2.51. The number of amides is 1. The lowest BCUT2D eigenvalue weighted by Gasteiger charge is -2.35. The molecule has 1 aromatic rings. The van der Waals surface area contributed by atoms with E-state index < -0.39 is 0 Å². The summed E-state index contributed by atoms with van der Waals surface area (Å²) in [6.45, 7) is 6.57. The summed E-state index contributed by atoms with van der Waals surface area (Å²) in [5.41, 5.74) is 1.60. The fourth-order valence-electron chi connectivity index (χ4n) is 2.30. The quantitative estimate of drug-likeness (QED) is 0.840. The molecule has 1 amide bonds. The van der Waals surface area contributed by atoms with E-state index in [2.05, 4.69) is 11.0 Å². The first-order valence-electron chi connectivity index (χ1n) is 6.72. The minimum Gasteiger partial charge on any atom is -0.336 e. The molecule has 5 heteroatoms. The third-order valence-electron chi connectivity index (χ3n) is 3.75. The number of rotatable bonds is 2. The molecule has 0 radical (unpaired) electrons. The van der Waals surface area contributed by atoms with Crippen LogP contribution in [0.4, 0.5) is 0 Å². The molecule has 0 bridgehead atoms. The number of piperazine rings is 1. The van der Waals surface area contributed by atoms with E-state index in [-0.39, 0.29) is 11.9 Å². The molecule has 0 spiro atoms. The molecule has 1 aromatic carbocycles. The summed E-state index contributed by atoms with van der Waals surface area (Å²) >= 11 is 6.07. The van der Waals surface area contributed by atoms with E-state index in [0.29, 0.717) is 23.7 Å². The Morgan fingerprint density at radius 3 is 2.55 bits per heavy atom. The zero-order valence-electron chi connectivity index (χ0n) is 11.8. The van der Waals surface area contributed by atoms with Gasteiger partial charge in [0.15, 0.2) is 0 Å². The summed E-state index contributed by atoms with van der Waals surface area (Å²) in [4.78, 5) is 16.3. The molecule has 1 heterocycles. The van der Waals surface area contributed by atoms with Gasteiger partial charge in [0.1, 0.15) is 0 Å². The van der Waals surface area contributed by atoms with Gasteiger partial charge in [-0.15, -0.1) is 0 Å². The van der Waals surface area contributed by atoms with Gasteiger partial charge in [-0.05, 0) is 31.5 Å². The van der Waals surface area contributed by atoms with Crippen LogP contribution in [0, 0.1) is 18.3 Å². The zero-order valence-corrected chi connectivity index (χ0v) is 12.5. The van der Waals surface area contributed by atoms with Crippen LogP contribution >= 0.6 is 11.6 Å². The molecule has 1 aliphatic rings. The Hall–Kier alpha value is -1.57. The van der Waals surface area contributed by atoms with E-state index in [1.165, 1.54) is 0 Å². The van der Waals surface area contributed by atoms with Gasteiger partial charge < -0.3 is 4.90 Å². The molecule has 20 heavy (non-hydrogen) atoms. The highest BCUT2D eigenvalue weighted by molar-refractivity contribution is 6.31. The molecule has 0 aliphatic carbocycles. The first-order valence-corrected chi connectivity index (χ1v) is 7.10. The Labute approximate surface area is 124 Å². The molecule has 106 valence electrons. The van der Waals surface area contributed by atoms with Crippen molar-refractivity contribution in [3.63, 3.8) is 0 Å². The predicted molar refractivity (Wildman–Crippen MR) is 78.7 cm³/mol. The van der Waals surface area contributed by atoms with E-state index in [9.17, 15) is 4.79 Å². The Kier molecular flexibility index (Phi) is 4.64. The van der Waals surface area contributed by atoms with Crippen molar-refractivity contribution in [2.45, 2.75) is 19.9 Å². The Morgan fingerprint density at radius 2 is 2.00 bits per heavy atom. The molecule has 1 unspecified atom stereocenters. The summed E-state index contributed by atoms with van der Waals surface area (Å²) in [5.74, 6) is 0.0103. The molecule has 1 saturated heterocycles. The van der Waals surface area contributed by atoms with E-state index in [4.69, 9.17) is 16.9 Å². The first-order chi connectivity index (χ1) is 9.52. The van der Waals surface area contributed by atoms with Crippen molar-refractivity contribution >= 4 is 17.5 Å². The van der Waals surface area contributed by atoms with Crippen LogP contribution in [0.1, 0.15) is 22.8 Å². The number of carbonyl (C=O) groups excluding carboxylic acids is 1. The van der Waals surface area contributed by atoms with E-state index >= 15 is 0 Å². The standard InChI is InChI=1S/C15H18ClN3O/c1-11-3-4-13(9-14(11)16)15(20)19-7-5-18(6-8-19)12(2)10-17/h3-4,9,12H,5-8H2,1-2H3. The molecule has 1 aliphatic heterocycles. The second-order valence-electron chi connectivity index (χ2n) is 5.10. The van der Waals surface area contributed by atoms with Gasteiger partial charge in [-0.2, -0.15) is 5.26 Å². The maximum Gasteiger partial charge on any atom is 0.253 e. The van der Waals surface area contributed by atoms with Crippen LogP contribution in [0.25, 0.3) is 0 Å². The van der Waals surface area contributed by atoms with Crippen molar-refractivity contribution in [1.82, 2.24) is 9.80 Å².